The largest absolute Gasteiger partial charge is 0.369 e. The molecule has 3 fully saturated rings. The minimum atomic E-state index is -0.0532. The molecule has 0 aromatic rings. The van der Waals surface area contributed by atoms with Crippen molar-refractivity contribution in [3.05, 3.63) is 0 Å². The molecule has 0 unspecified atom stereocenters. The Bertz CT molecular complexity index is 257. The highest BCUT2D eigenvalue weighted by Crippen LogP contribution is 2.63. The molecule has 0 radical (unpaired) electrons. The van der Waals surface area contributed by atoms with Crippen LogP contribution in [0.15, 0.2) is 0 Å². The molecule has 1 saturated heterocycles. The maximum atomic E-state index is 8.98. The van der Waals surface area contributed by atoms with Crippen LogP contribution in [0.25, 0.3) is 0 Å². The van der Waals surface area contributed by atoms with Gasteiger partial charge in [0.25, 0.3) is 0 Å². The first kappa shape index (κ1) is 6.02. The zero-order valence-electron chi connectivity index (χ0n) is 6.58. The molecule has 2 heteroatoms. The Kier molecular flexibility index (Phi) is 0.803. The predicted octanol–water partition coefficient (Wildman–Crippen LogP) is 1.32. The van der Waals surface area contributed by atoms with Gasteiger partial charge < -0.3 is 4.74 Å². The molecule has 0 aromatic heterocycles. The molecule has 3 aliphatic rings. The summed E-state index contributed by atoms with van der Waals surface area (Å²) in [4.78, 5) is 0. The first-order valence-electron chi connectivity index (χ1n) is 4.31. The topological polar surface area (TPSA) is 36.3 Å². The molecule has 0 spiro atoms. The van der Waals surface area contributed by atoms with Gasteiger partial charge >= 0.3 is 0 Å². The lowest BCUT2D eigenvalue weighted by Gasteiger charge is -2.23. The highest BCUT2D eigenvalue weighted by Gasteiger charge is 2.67. The standard InChI is InChI=1S/C9H11NO/c1-9(4-10)3-5-2-6(9)8-7(5)11-8/h5-8H,2-3H2,1H3/t5-,6-,7-,8+,9-/m1/s1. The van der Waals surface area contributed by atoms with E-state index in [0.29, 0.717) is 18.1 Å². The van der Waals surface area contributed by atoms with Gasteiger partial charge in [0.15, 0.2) is 0 Å². The summed E-state index contributed by atoms with van der Waals surface area (Å²) in [6.45, 7) is 2.09. The van der Waals surface area contributed by atoms with Crippen molar-refractivity contribution < 1.29 is 4.74 Å². The van der Waals surface area contributed by atoms with Crippen molar-refractivity contribution in [1.29, 1.82) is 5.26 Å². The number of fused-ring (bicyclic) bond motifs is 5. The number of nitrogens with zero attached hydrogens (tertiary/aromatic N) is 1. The van der Waals surface area contributed by atoms with Crippen LogP contribution in [-0.4, -0.2) is 12.2 Å². The molecule has 0 aromatic carbocycles. The van der Waals surface area contributed by atoms with E-state index < -0.39 is 0 Å². The first-order valence-corrected chi connectivity index (χ1v) is 4.31. The maximum Gasteiger partial charge on any atom is 0.0888 e. The van der Waals surface area contributed by atoms with Crippen molar-refractivity contribution in [2.24, 2.45) is 17.3 Å². The maximum absolute atomic E-state index is 8.98. The van der Waals surface area contributed by atoms with Crippen LogP contribution >= 0.6 is 0 Å². The number of nitriles is 1. The number of hydrogen-bond donors (Lipinski definition) is 0. The minimum Gasteiger partial charge on any atom is -0.369 e. The molecule has 0 N–H and O–H groups in total. The van der Waals surface area contributed by atoms with Gasteiger partial charge in [-0.2, -0.15) is 5.26 Å². The van der Waals surface area contributed by atoms with Gasteiger partial charge in [-0.1, -0.05) is 0 Å². The van der Waals surface area contributed by atoms with Crippen molar-refractivity contribution >= 4 is 0 Å². The van der Waals surface area contributed by atoms with Gasteiger partial charge in [-0.05, 0) is 25.7 Å². The molecule has 5 atom stereocenters. The van der Waals surface area contributed by atoms with Gasteiger partial charge in [0.1, 0.15) is 0 Å². The van der Waals surface area contributed by atoms with E-state index in [1.54, 1.807) is 0 Å². The third-order valence-electron chi connectivity index (χ3n) is 3.74. The van der Waals surface area contributed by atoms with Crippen molar-refractivity contribution in [2.45, 2.75) is 32.0 Å². The van der Waals surface area contributed by atoms with Crippen LogP contribution in [0.3, 0.4) is 0 Å². The van der Waals surface area contributed by atoms with E-state index in [4.69, 9.17) is 10.00 Å². The smallest absolute Gasteiger partial charge is 0.0888 e. The first-order chi connectivity index (χ1) is 5.24. The van der Waals surface area contributed by atoms with Gasteiger partial charge in [-0.15, -0.1) is 0 Å². The Balaban J connectivity index is 1.99. The van der Waals surface area contributed by atoms with E-state index in [9.17, 15) is 0 Å². The molecule has 1 aliphatic heterocycles. The highest BCUT2D eigenvalue weighted by atomic mass is 16.6. The van der Waals surface area contributed by atoms with Crippen molar-refractivity contribution in [3.63, 3.8) is 0 Å². The second-order valence-corrected chi connectivity index (χ2v) is 4.40. The predicted molar refractivity (Wildman–Crippen MR) is 38.6 cm³/mol. The zero-order valence-corrected chi connectivity index (χ0v) is 6.58. The molecule has 3 rings (SSSR count). The summed E-state index contributed by atoms with van der Waals surface area (Å²) < 4.78 is 5.49. The second kappa shape index (κ2) is 1.47. The molecule has 58 valence electrons. The highest BCUT2D eigenvalue weighted by molar-refractivity contribution is 5.20. The van der Waals surface area contributed by atoms with Gasteiger partial charge in [0.2, 0.25) is 0 Å². The lowest BCUT2D eigenvalue weighted by atomic mass is 9.76. The van der Waals surface area contributed by atoms with Crippen LogP contribution in [0.5, 0.6) is 0 Å². The summed E-state index contributed by atoms with van der Waals surface area (Å²) in [5.41, 5.74) is -0.0532. The van der Waals surface area contributed by atoms with Gasteiger partial charge in [-0.3, -0.25) is 0 Å². The molecular weight excluding hydrogens is 138 g/mol. The van der Waals surface area contributed by atoms with Crippen LogP contribution in [-0.2, 0) is 4.74 Å². The quantitative estimate of drug-likeness (QED) is 0.487. The van der Waals surface area contributed by atoms with E-state index in [0.717, 1.165) is 12.3 Å². The molecule has 2 bridgehead atoms. The lowest BCUT2D eigenvalue weighted by Crippen LogP contribution is -2.27. The second-order valence-electron chi connectivity index (χ2n) is 4.40. The molecule has 0 amide bonds. The summed E-state index contributed by atoms with van der Waals surface area (Å²) >= 11 is 0. The summed E-state index contributed by atoms with van der Waals surface area (Å²) in [5, 5.41) is 8.98. The molecule has 2 nitrogen and oxygen atoms in total. The van der Waals surface area contributed by atoms with E-state index in [1.807, 2.05) is 0 Å². The summed E-state index contributed by atoms with van der Waals surface area (Å²) in [6.07, 6.45) is 3.36. The Morgan fingerprint density at radius 1 is 1.55 bits per heavy atom. The monoisotopic (exact) mass is 149 g/mol. The Hall–Kier alpha value is -0.550. The van der Waals surface area contributed by atoms with Crippen LogP contribution in [0.4, 0.5) is 0 Å². The van der Waals surface area contributed by atoms with Crippen LogP contribution in [0, 0.1) is 28.6 Å². The Morgan fingerprint density at radius 2 is 2.36 bits per heavy atom. The fourth-order valence-electron chi connectivity index (χ4n) is 3.08. The molecule has 1 heterocycles. The average Bonchev–Trinajstić information content (AvgIpc) is 2.65. The zero-order chi connectivity index (χ0) is 7.64. The van der Waals surface area contributed by atoms with Crippen LogP contribution < -0.4 is 0 Å². The SMILES string of the molecule is C[C@]1(C#N)C[C@H]2C[C@@H]1[C@@H]1O[C@H]21. The van der Waals surface area contributed by atoms with Gasteiger partial charge in [0, 0.05) is 5.92 Å². The third-order valence-corrected chi connectivity index (χ3v) is 3.74. The number of hydrogen-bond acceptors (Lipinski definition) is 2. The molecule has 2 aliphatic carbocycles. The number of epoxide rings is 1. The van der Waals surface area contributed by atoms with Crippen LogP contribution in [0.1, 0.15) is 19.8 Å². The Morgan fingerprint density at radius 3 is 2.91 bits per heavy atom. The fraction of sp³-hybridized carbons (Fsp3) is 0.889. The fourth-order valence-corrected chi connectivity index (χ4v) is 3.08. The Labute approximate surface area is 66.1 Å². The molecular formula is C9H11NO. The van der Waals surface area contributed by atoms with E-state index >= 15 is 0 Å². The van der Waals surface area contributed by atoms with E-state index in [2.05, 4.69) is 13.0 Å². The molecule has 2 saturated carbocycles. The summed E-state index contributed by atoms with van der Waals surface area (Å²) in [7, 11) is 0. The van der Waals surface area contributed by atoms with Crippen molar-refractivity contribution in [3.8, 4) is 6.07 Å². The normalized spacial score (nSPS) is 64.0. The summed E-state index contributed by atoms with van der Waals surface area (Å²) in [6, 6.07) is 2.45. The van der Waals surface area contributed by atoms with Crippen molar-refractivity contribution in [1.82, 2.24) is 0 Å². The molecule has 11 heavy (non-hydrogen) atoms. The van der Waals surface area contributed by atoms with Crippen LogP contribution in [0.2, 0.25) is 0 Å². The average molecular weight is 149 g/mol. The van der Waals surface area contributed by atoms with E-state index in [-0.39, 0.29) is 5.41 Å². The van der Waals surface area contributed by atoms with Crippen molar-refractivity contribution in [2.75, 3.05) is 0 Å². The van der Waals surface area contributed by atoms with Gasteiger partial charge in [0.05, 0.1) is 23.7 Å². The number of ether oxygens (including phenoxy) is 1. The lowest BCUT2D eigenvalue weighted by molar-refractivity contribution is 0.230. The summed E-state index contributed by atoms with van der Waals surface area (Å²) in [5.74, 6) is 1.28. The number of rotatable bonds is 0. The van der Waals surface area contributed by atoms with Gasteiger partial charge in [-0.25, -0.2) is 0 Å². The third kappa shape index (κ3) is 0.530. The minimum absolute atomic E-state index is 0.0532. The van der Waals surface area contributed by atoms with E-state index in [1.165, 1.54) is 6.42 Å².